The van der Waals surface area contributed by atoms with Crippen LogP contribution < -0.4 is 4.74 Å². The lowest BCUT2D eigenvalue weighted by Gasteiger charge is -2.07. The second-order valence-electron chi connectivity index (χ2n) is 4.12. The van der Waals surface area contributed by atoms with Gasteiger partial charge in [0, 0.05) is 18.5 Å². The number of nitrogens with zero attached hydrogens (tertiary/aromatic N) is 3. The number of ether oxygens (including phenoxy) is 1. The molecule has 108 valence electrons. The lowest BCUT2D eigenvalue weighted by atomic mass is 10.3. The Morgan fingerprint density at radius 2 is 1.95 bits per heavy atom. The van der Waals surface area contributed by atoms with Crippen molar-refractivity contribution in [2.24, 2.45) is 0 Å². The van der Waals surface area contributed by atoms with E-state index in [4.69, 9.17) is 4.74 Å². The van der Waals surface area contributed by atoms with Gasteiger partial charge in [0.25, 0.3) is 0 Å². The summed E-state index contributed by atoms with van der Waals surface area (Å²) in [6.07, 6.45) is -1.83. The number of alkyl halides is 3. The predicted octanol–water partition coefficient (Wildman–Crippen LogP) is 4.15. The minimum Gasteiger partial charge on any atom is -0.436 e. The van der Waals surface area contributed by atoms with Crippen LogP contribution in [0.25, 0.3) is 5.52 Å². The van der Waals surface area contributed by atoms with Crippen molar-refractivity contribution in [3.8, 4) is 11.6 Å². The topological polar surface area (TPSA) is 39.4 Å². The smallest absolute Gasteiger partial charge is 0.435 e. The highest BCUT2D eigenvalue weighted by molar-refractivity contribution is 14.1. The standard InChI is InChI=1S/C13H7F3IN3O/c14-13(15,16)11-7-9-12(18-5-6-20(9)19-11)21-10-4-2-1-3-8(10)17/h1-7H. The molecule has 3 aromatic rings. The molecule has 0 unspecified atom stereocenters. The Kier molecular flexibility index (Phi) is 3.47. The largest absolute Gasteiger partial charge is 0.436 e. The van der Waals surface area contributed by atoms with Crippen LogP contribution in [0.2, 0.25) is 0 Å². The second kappa shape index (κ2) is 5.17. The third kappa shape index (κ3) is 2.80. The summed E-state index contributed by atoms with van der Waals surface area (Å²) in [7, 11) is 0. The van der Waals surface area contributed by atoms with Crippen molar-refractivity contribution in [3.05, 3.63) is 52.0 Å². The summed E-state index contributed by atoms with van der Waals surface area (Å²) >= 11 is 2.07. The molecule has 4 nitrogen and oxygen atoms in total. The van der Waals surface area contributed by atoms with Gasteiger partial charge in [0.1, 0.15) is 11.3 Å². The first-order chi connectivity index (χ1) is 9.95. The van der Waals surface area contributed by atoms with Crippen molar-refractivity contribution in [2.45, 2.75) is 6.18 Å². The molecule has 0 saturated heterocycles. The molecule has 8 heteroatoms. The zero-order valence-electron chi connectivity index (χ0n) is 10.3. The van der Waals surface area contributed by atoms with E-state index in [0.717, 1.165) is 14.2 Å². The third-order valence-corrected chi connectivity index (χ3v) is 3.58. The Morgan fingerprint density at radius 3 is 2.67 bits per heavy atom. The summed E-state index contributed by atoms with van der Waals surface area (Å²) < 4.78 is 45.7. The molecule has 0 aliphatic heterocycles. The number of rotatable bonds is 2. The molecule has 3 rings (SSSR count). The van der Waals surface area contributed by atoms with Gasteiger partial charge in [-0.15, -0.1) is 0 Å². The highest BCUT2D eigenvalue weighted by Gasteiger charge is 2.34. The van der Waals surface area contributed by atoms with Gasteiger partial charge in [0.15, 0.2) is 5.69 Å². The molecule has 0 N–H and O–H groups in total. The number of hydrogen-bond donors (Lipinski definition) is 0. The lowest BCUT2D eigenvalue weighted by molar-refractivity contribution is -0.141. The molecule has 2 aromatic heterocycles. The van der Waals surface area contributed by atoms with Crippen molar-refractivity contribution in [1.82, 2.24) is 14.6 Å². The summed E-state index contributed by atoms with van der Waals surface area (Å²) in [5, 5.41) is 3.48. The number of aromatic nitrogens is 3. The van der Waals surface area contributed by atoms with Crippen molar-refractivity contribution in [1.29, 1.82) is 0 Å². The molecule has 0 fully saturated rings. The summed E-state index contributed by atoms with van der Waals surface area (Å²) in [4.78, 5) is 3.98. The molecule has 0 bridgehead atoms. The third-order valence-electron chi connectivity index (χ3n) is 2.69. The minimum absolute atomic E-state index is 0.0737. The Labute approximate surface area is 130 Å². The molecule has 1 aromatic carbocycles. The molecule has 0 saturated carbocycles. The van der Waals surface area contributed by atoms with E-state index in [1.54, 1.807) is 12.1 Å². The van der Waals surface area contributed by atoms with Crippen LogP contribution in [0.4, 0.5) is 13.2 Å². The number of benzene rings is 1. The summed E-state index contributed by atoms with van der Waals surface area (Å²) in [5.74, 6) is 0.595. The van der Waals surface area contributed by atoms with Gasteiger partial charge in [-0.05, 0) is 34.7 Å². The van der Waals surface area contributed by atoms with E-state index in [1.807, 2.05) is 12.1 Å². The van der Waals surface area contributed by atoms with Gasteiger partial charge in [0.05, 0.1) is 3.57 Å². The van der Waals surface area contributed by atoms with E-state index in [9.17, 15) is 13.2 Å². The van der Waals surface area contributed by atoms with Gasteiger partial charge < -0.3 is 4.74 Å². The van der Waals surface area contributed by atoms with Gasteiger partial charge in [-0.3, -0.25) is 0 Å². The van der Waals surface area contributed by atoms with E-state index >= 15 is 0 Å². The first-order valence-corrected chi connectivity index (χ1v) is 6.87. The van der Waals surface area contributed by atoms with Crippen molar-refractivity contribution in [2.75, 3.05) is 0 Å². The first kappa shape index (κ1) is 14.1. The quantitative estimate of drug-likeness (QED) is 0.602. The zero-order valence-corrected chi connectivity index (χ0v) is 12.5. The van der Waals surface area contributed by atoms with Crippen molar-refractivity contribution < 1.29 is 17.9 Å². The van der Waals surface area contributed by atoms with Crippen LogP contribution in [0.1, 0.15) is 5.69 Å². The van der Waals surface area contributed by atoms with E-state index in [1.165, 1.54) is 12.4 Å². The van der Waals surface area contributed by atoms with Crippen molar-refractivity contribution >= 4 is 28.1 Å². The van der Waals surface area contributed by atoms with E-state index in [0.29, 0.717) is 5.75 Å². The fraction of sp³-hybridized carbons (Fsp3) is 0.0769. The number of halogens is 4. The Hall–Kier alpha value is -1.84. The predicted molar refractivity (Wildman–Crippen MR) is 77.2 cm³/mol. The van der Waals surface area contributed by atoms with Gasteiger partial charge >= 0.3 is 6.18 Å². The van der Waals surface area contributed by atoms with Gasteiger partial charge in [-0.1, -0.05) is 12.1 Å². The molecule has 0 amide bonds. The average molecular weight is 405 g/mol. The van der Waals surface area contributed by atoms with Crippen molar-refractivity contribution in [3.63, 3.8) is 0 Å². The maximum atomic E-state index is 12.7. The molecule has 0 aliphatic carbocycles. The highest BCUT2D eigenvalue weighted by atomic mass is 127. The molecule has 0 radical (unpaired) electrons. The molecular formula is C13H7F3IN3O. The number of hydrogen-bond acceptors (Lipinski definition) is 3. The number of para-hydroxylation sites is 1. The number of fused-ring (bicyclic) bond motifs is 1. The monoisotopic (exact) mass is 405 g/mol. The van der Waals surface area contributed by atoms with Crippen LogP contribution in [-0.2, 0) is 6.18 Å². The summed E-state index contributed by atoms with van der Waals surface area (Å²) in [6, 6.07) is 8.07. The van der Waals surface area contributed by atoms with Crippen LogP contribution in [0.15, 0.2) is 42.7 Å². The van der Waals surface area contributed by atoms with E-state index in [2.05, 4.69) is 32.7 Å². The maximum Gasteiger partial charge on any atom is 0.435 e. The van der Waals surface area contributed by atoms with Gasteiger partial charge in [-0.2, -0.15) is 18.3 Å². The fourth-order valence-corrected chi connectivity index (χ4v) is 2.24. The second-order valence-corrected chi connectivity index (χ2v) is 5.28. The Bertz CT molecular complexity index is 801. The van der Waals surface area contributed by atoms with E-state index < -0.39 is 11.9 Å². The molecule has 21 heavy (non-hydrogen) atoms. The molecule has 2 heterocycles. The molecule has 0 aliphatic rings. The van der Waals surface area contributed by atoms with Gasteiger partial charge in [-0.25, -0.2) is 9.50 Å². The Morgan fingerprint density at radius 1 is 1.19 bits per heavy atom. The van der Waals surface area contributed by atoms with Crippen LogP contribution >= 0.6 is 22.6 Å². The normalized spacial score (nSPS) is 11.8. The minimum atomic E-state index is -4.51. The van der Waals surface area contributed by atoms with Crippen LogP contribution in [0.5, 0.6) is 11.6 Å². The molecular weight excluding hydrogens is 398 g/mol. The SMILES string of the molecule is FC(F)(F)c1cc2c(Oc3ccccc3I)nccn2n1. The van der Waals surface area contributed by atoms with Crippen LogP contribution in [0, 0.1) is 3.57 Å². The fourth-order valence-electron chi connectivity index (χ4n) is 1.75. The highest BCUT2D eigenvalue weighted by Crippen LogP contribution is 2.32. The molecule has 0 atom stereocenters. The average Bonchev–Trinajstić information content (AvgIpc) is 2.86. The first-order valence-electron chi connectivity index (χ1n) is 5.79. The van der Waals surface area contributed by atoms with E-state index in [-0.39, 0.29) is 11.4 Å². The molecule has 0 spiro atoms. The van der Waals surface area contributed by atoms with Crippen LogP contribution in [-0.4, -0.2) is 14.6 Å². The lowest BCUT2D eigenvalue weighted by Crippen LogP contribution is -2.05. The van der Waals surface area contributed by atoms with Gasteiger partial charge in [0.2, 0.25) is 5.88 Å². The Balaban J connectivity index is 2.07. The maximum absolute atomic E-state index is 12.7. The zero-order chi connectivity index (χ0) is 15.0. The summed E-state index contributed by atoms with van der Waals surface area (Å²) in [5.41, 5.74) is -0.826. The summed E-state index contributed by atoms with van der Waals surface area (Å²) in [6.45, 7) is 0. The van der Waals surface area contributed by atoms with Crippen LogP contribution in [0.3, 0.4) is 0 Å².